The summed E-state index contributed by atoms with van der Waals surface area (Å²) in [5, 5.41) is 4.31. The molecule has 2 nitrogen and oxygen atoms in total. The van der Waals surface area contributed by atoms with E-state index in [1.807, 2.05) is 48.5 Å². The van der Waals surface area contributed by atoms with Gasteiger partial charge >= 0.3 is 0 Å². The van der Waals surface area contributed by atoms with E-state index in [2.05, 4.69) is 5.32 Å². The Kier molecular flexibility index (Phi) is 6.43. The van der Waals surface area contributed by atoms with Crippen molar-refractivity contribution in [2.75, 3.05) is 5.75 Å². The minimum atomic E-state index is 0.0250. The first kappa shape index (κ1) is 16.2. The SMILES string of the molecule is O=C(CSCc1cccc(Cl)c1)NCc1ccc(Cl)cc1. The van der Waals surface area contributed by atoms with Crippen LogP contribution in [0.15, 0.2) is 48.5 Å². The van der Waals surface area contributed by atoms with Gasteiger partial charge in [-0.05, 0) is 35.4 Å². The van der Waals surface area contributed by atoms with Crippen molar-refractivity contribution >= 4 is 40.9 Å². The van der Waals surface area contributed by atoms with Gasteiger partial charge in [-0.2, -0.15) is 0 Å². The number of hydrogen-bond acceptors (Lipinski definition) is 2. The van der Waals surface area contributed by atoms with Crippen LogP contribution in [0.1, 0.15) is 11.1 Å². The van der Waals surface area contributed by atoms with E-state index < -0.39 is 0 Å². The fourth-order valence-corrected chi connectivity index (χ4v) is 2.89. The van der Waals surface area contributed by atoms with Gasteiger partial charge in [0, 0.05) is 22.3 Å². The molecule has 0 aromatic heterocycles. The van der Waals surface area contributed by atoms with Crippen molar-refractivity contribution in [3.63, 3.8) is 0 Å². The summed E-state index contributed by atoms with van der Waals surface area (Å²) in [4.78, 5) is 11.8. The van der Waals surface area contributed by atoms with Gasteiger partial charge in [0.1, 0.15) is 0 Å². The second kappa shape index (κ2) is 8.32. The molecule has 110 valence electrons. The van der Waals surface area contributed by atoms with E-state index in [0.29, 0.717) is 17.3 Å². The van der Waals surface area contributed by atoms with Gasteiger partial charge in [0.25, 0.3) is 0 Å². The van der Waals surface area contributed by atoms with Gasteiger partial charge in [-0.25, -0.2) is 0 Å². The second-order valence-electron chi connectivity index (χ2n) is 4.53. The lowest BCUT2D eigenvalue weighted by Crippen LogP contribution is -2.24. The highest BCUT2D eigenvalue weighted by atomic mass is 35.5. The molecule has 2 rings (SSSR count). The van der Waals surface area contributed by atoms with Crippen molar-refractivity contribution in [3.05, 3.63) is 69.7 Å². The standard InChI is InChI=1S/C16H15Cl2NOS/c17-14-6-4-12(5-7-14)9-19-16(20)11-21-10-13-2-1-3-15(18)8-13/h1-8H,9-11H2,(H,19,20). The average Bonchev–Trinajstić information content (AvgIpc) is 2.47. The molecular formula is C16H15Cl2NOS. The zero-order valence-corrected chi connectivity index (χ0v) is 13.6. The number of nitrogens with one attached hydrogen (secondary N) is 1. The molecule has 0 saturated carbocycles. The lowest BCUT2D eigenvalue weighted by atomic mass is 10.2. The normalized spacial score (nSPS) is 10.4. The number of benzene rings is 2. The minimum absolute atomic E-state index is 0.0250. The summed E-state index contributed by atoms with van der Waals surface area (Å²) in [5.41, 5.74) is 2.16. The van der Waals surface area contributed by atoms with Gasteiger partial charge in [0.05, 0.1) is 5.75 Å². The number of halogens is 2. The molecule has 1 amide bonds. The third-order valence-electron chi connectivity index (χ3n) is 2.79. The molecule has 0 spiro atoms. The van der Waals surface area contributed by atoms with Crippen molar-refractivity contribution < 1.29 is 4.79 Å². The molecule has 21 heavy (non-hydrogen) atoms. The van der Waals surface area contributed by atoms with Crippen LogP contribution >= 0.6 is 35.0 Å². The predicted molar refractivity (Wildman–Crippen MR) is 90.9 cm³/mol. The summed E-state index contributed by atoms with van der Waals surface area (Å²) in [7, 11) is 0. The number of amides is 1. The van der Waals surface area contributed by atoms with Crippen LogP contribution in [-0.4, -0.2) is 11.7 Å². The highest BCUT2D eigenvalue weighted by Gasteiger charge is 2.02. The summed E-state index contributed by atoms with van der Waals surface area (Å²) in [5.74, 6) is 1.23. The van der Waals surface area contributed by atoms with E-state index in [1.54, 1.807) is 11.8 Å². The molecule has 0 bridgehead atoms. The van der Waals surface area contributed by atoms with Crippen LogP contribution in [0.4, 0.5) is 0 Å². The molecule has 0 aliphatic rings. The number of thioether (sulfide) groups is 1. The Balaban J connectivity index is 1.69. The van der Waals surface area contributed by atoms with Gasteiger partial charge in [0.2, 0.25) is 5.91 Å². The van der Waals surface area contributed by atoms with Crippen LogP contribution < -0.4 is 5.32 Å². The van der Waals surface area contributed by atoms with Crippen molar-refractivity contribution in [2.24, 2.45) is 0 Å². The average molecular weight is 340 g/mol. The van der Waals surface area contributed by atoms with E-state index >= 15 is 0 Å². The third-order valence-corrected chi connectivity index (χ3v) is 4.28. The molecule has 0 aliphatic carbocycles. The molecule has 0 unspecified atom stereocenters. The maximum atomic E-state index is 11.8. The van der Waals surface area contributed by atoms with Crippen LogP contribution in [0.3, 0.4) is 0 Å². The topological polar surface area (TPSA) is 29.1 Å². The molecule has 0 heterocycles. The van der Waals surface area contributed by atoms with Gasteiger partial charge < -0.3 is 5.32 Å². The van der Waals surface area contributed by atoms with Gasteiger partial charge in [-0.3, -0.25) is 4.79 Å². The molecule has 0 radical (unpaired) electrons. The highest BCUT2D eigenvalue weighted by molar-refractivity contribution is 7.99. The monoisotopic (exact) mass is 339 g/mol. The van der Waals surface area contributed by atoms with E-state index in [9.17, 15) is 4.79 Å². The number of hydrogen-bond donors (Lipinski definition) is 1. The molecule has 2 aromatic carbocycles. The van der Waals surface area contributed by atoms with Gasteiger partial charge in [0.15, 0.2) is 0 Å². The van der Waals surface area contributed by atoms with Gasteiger partial charge in [-0.1, -0.05) is 47.5 Å². The summed E-state index contributed by atoms with van der Waals surface area (Å²) in [6.45, 7) is 0.522. The highest BCUT2D eigenvalue weighted by Crippen LogP contribution is 2.16. The van der Waals surface area contributed by atoms with Crippen LogP contribution in [0.5, 0.6) is 0 Å². The Morgan fingerprint density at radius 3 is 2.48 bits per heavy atom. The minimum Gasteiger partial charge on any atom is -0.351 e. The number of carbonyl (C=O) groups is 1. The molecule has 0 atom stereocenters. The smallest absolute Gasteiger partial charge is 0.230 e. The Morgan fingerprint density at radius 1 is 1.00 bits per heavy atom. The van der Waals surface area contributed by atoms with Crippen molar-refractivity contribution in [1.29, 1.82) is 0 Å². The third kappa shape index (κ3) is 6.00. The largest absolute Gasteiger partial charge is 0.351 e. The first-order valence-corrected chi connectivity index (χ1v) is 8.38. The molecular weight excluding hydrogens is 325 g/mol. The Hall–Kier alpha value is -1.16. The first-order valence-electron chi connectivity index (χ1n) is 6.47. The molecule has 0 aliphatic heterocycles. The Bertz CT molecular complexity index is 601. The number of rotatable bonds is 6. The Labute approximate surface area is 138 Å². The Morgan fingerprint density at radius 2 is 1.76 bits per heavy atom. The predicted octanol–water partition coefficient (Wildman–Crippen LogP) is 4.54. The molecule has 5 heteroatoms. The van der Waals surface area contributed by atoms with Crippen LogP contribution in [-0.2, 0) is 17.1 Å². The van der Waals surface area contributed by atoms with E-state index in [1.165, 1.54) is 0 Å². The lowest BCUT2D eigenvalue weighted by Gasteiger charge is -2.06. The summed E-state index contributed by atoms with van der Waals surface area (Å²) < 4.78 is 0. The molecule has 0 saturated heterocycles. The first-order chi connectivity index (χ1) is 10.1. The maximum Gasteiger partial charge on any atom is 0.230 e. The van der Waals surface area contributed by atoms with E-state index in [4.69, 9.17) is 23.2 Å². The zero-order valence-electron chi connectivity index (χ0n) is 11.3. The molecule has 2 aromatic rings. The van der Waals surface area contributed by atoms with E-state index in [0.717, 1.165) is 21.9 Å². The summed E-state index contributed by atoms with van der Waals surface area (Å²) >= 11 is 13.3. The molecule has 0 fully saturated rings. The fourth-order valence-electron chi connectivity index (χ4n) is 1.74. The second-order valence-corrected chi connectivity index (χ2v) is 6.38. The summed E-state index contributed by atoms with van der Waals surface area (Å²) in [6.07, 6.45) is 0. The fraction of sp³-hybridized carbons (Fsp3) is 0.188. The van der Waals surface area contributed by atoms with E-state index in [-0.39, 0.29) is 5.91 Å². The number of carbonyl (C=O) groups excluding carboxylic acids is 1. The molecule has 1 N–H and O–H groups in total. The van der Waals surface area contributed by atoms with Crippen LogP contribution in [0, 0.1) is 0 Å². The zero-order chi connectivity index (χ0) is 15.1. The van der Waals surface area contributed by atoms with Crippen LogP contribution in [0.25, 0.3) is 0 Å². The van der Waals surface area contributed by atoms with Gasteiger partial charge in [-0.15, -0.1) is 11.8 Å². The lowest BCUT2D eigenvalue weighted by molar-refractivity contribution is -0.118. The van der Waals surface area contributed by atoms with Crippen molar-refractivity contribution in [3.8, 4) is 0 Å². The maximum absolute atomic E-state index is 11.8. The summed E-state index contributed by atoms with van der Waals surface area (Å²) in [6, 6.07) is 15.1. The van der Waals surface area contributed by atoms with Crippen molar-refractivity contribution in [2.45, 2.75) is 12.3 Å². The van der Waals surface area contributed by atoms with Crippen molar-refractivity contribution in [1.82, 2.24) is 5.32 Å². The van der Waals surface area contributed by atoms with Crippen LogP contribution in [0.2, 0.25) is 10.0 Å². The quantitative estimate of drug-likeness (QED) is 0.836.